The molecule has 2 N–H and O–H groups in total. The molecule has 7 nitrogen and oxygen atoms in total. The van der Waals surface area contributed by atoms with Crippen molar-refractivity contribution in [1.29, 1.82) is 0 Å². The third kappa shape index (κ3) is 5.89. The fourth-order valence-corrected chi connectivity index (χ4v) is 3.06. The predicted octanol–water partition coefficient (Wildman–Crippen LogP) is 5.68. The van der Waals surface area contributed by atoms with Gasteiger partial charge in [-0.15, -0.1) is 11.8 Å². The Hall–Kier alpha value is -3.19. The first-order chi connectivity index (χ1) is 13.6. The van der Waals surface area contributed by atoms with Crippen LogP contribution in [0.3, 0.4) is 0 Å². The fourth-order valence-electron chi connectivity index (χ4n) is 2.15. The van der Waals surface area contributed by atoms with Crippen LogP contribution in [0.2, 0.25) is 0 Å². The van der Waals surface area contributed by atoms with Gasteiger partial charge in [0, 0.05) is 26.9 Å². The molecule has 1 amide bonds. The van der Waals surface area contributed by atoms with Gasteiger partial charge in [0.25, 0.3) is 5.91 Å². The van der Waals surface area contributed by atoms with Gasteiger partial charge in [0.05, 0.1) is 12.1 Å². The number of hydrogen-bond donors (Lipinski definition) is 2. The van der Waals surface area contributed by atoms with E-state index in [-0.39, 0.29) is 11.4 Å². The van der Waals surface area contributed by atoms with E-state index in [2.05, 4.69) is 20.2 Å². The highest BCUT2D eigenvalue weighted by Crippen LogP contribution is 2.38. The molecule has 0 aliphatic rings. The number of rotatable bonds is 6. The lowest BCUT2D eigenvalue weighted by molar-refractivity contribution is -0.137. The van der Waals surface area contributed by atoms with Crippen LogP contribution in [0.25, 0.3) is 15.3 Å². The highest BCUT2D eigenvalue weighted by Gasteiger charge is 2.35. The average Bonchev–Trinajstić information content (AvgIpc) is 2.67. The first kappa shape index (κ1) is 22.1. The van der Waals surface area contributed by atoms with Gasteiger partial charge in [-0.25, -0.2) is 4.85 Å². The Labute approximate surface area is 168 Å². The molecule has 0 aliphatic heterocycles. The van der Waals surface area contributed by atoms with Gasteiger partial charge in [0.2, 0.25) is 0 Å². The second kappa shape index (κ2) is 8.87. The lowest BCUT2D eigenvalue weighted by atomic mass is 10.1. The van der Waals surface area contributed by atoms with E-state index < -0.39 is 28.9 Å². The van der Waals surface area contributed by atoms with Crippen LogP contribution in [0.15, 0.2) is 52.5 Å². The molecule has 1 atom stereocenters. The van der Waals surface area contributed by atoms with E-state index in [4.69, 9.17) is 12.1 Å². The summed E-state index contributed by atoms with van der Waals surface area (Å²) < 4.78 is 39.1. The minimum atomic E-state index is -4.75. The highest BCUT2D eigenvalue weighted by atomic mass is 32.2. The zero-order valence-electron chi connectivity index (χ0n) is 14.9. The van der Waals surface area contributed by atoms with Gasteiger partial charge in [-0.1, -0.05) is 23.3 Å². The zero-order chi connectivity index (χ0) is 21.7. The topological polar surface area (TPSA) is 102 Å². The Balaban J connectivity index is 2.09. The number of amides is 1. The Bertz CT molecular complexity index is 994. The maximum atomic E-state index is 13.0. The van der Waals surface area contributed by atoms with E-state index in [0.717, 1.165) is 23.9 Å². The van der Waals surface area contributed by atoms with E-state index in [1.54, 1.807) is 24.3 Å². The van der Waals surface area contributed by atoms with Crippen LogP contribution >= 0.6 is 11.8 Å². The summed E-state index contributed by atoms with van der Waals surface area (Å²) in [6, 6.07) is 9.19. The number of aliphatic hydroxyl groups is 1. The second-order valence-corrected chi connectivity index (χ2v) is 7.09. The van der Waals surface area contributed by atoms with E-state index in [9.17, 15) is 23.1 Å². The number of nitrogens with zero attached hydrogens (tertiary/aromatic N) is 4. The lowest BCUT2D eigenvalue weighted by Crippen LogP contribution is -2.42. The number of hydrogen-bond acceptors (Lipinski definition) is 4. The minimum Gasteiger partial charge on any atom is -0.379 e. The molecule has 2 aromatic rings. The van der Waals surface area contributed by atoms with Gasteiger partial charge in [-0.2, -0.15) is 13.2 Å². The molecule has 29 heavy (non-hydrogen) atoms. The molecule has 0 unspecified atom stereocenters. The highest BCUT2D eigenvalue weighted by molar-refractivity contribution is 7.99. The van der Waals surface area contributed by atoms with Crippen LogP contribution in [-0.2, 0) is 11.0 Å². The summed E-state index contributed by atoms with van der Waals surface area (Å²) >= 11 is 1.14. The van der Waals surface area contributed by atoms with Crippen molar-refractivity contribution >= 4 is 34.7 Å². The van der Waals surface area contributed by atoms with Crippen molar-refractivity contribution in [2.45, 2.75) is 23.6 Å². The lowest BCUT2D eigenvalue weighted by Gasteiger charge is -2.22. The van der Waals surface area contributed by atoms with Crippen molar-refractivity contribution in [3.05, 3.63) is 69.9 Å². The van der Waals surface area contributed by atoms with Gasteiger partial charge in [-0.05, 0) is 36.7 Å². The van der Waals surface area contributed by atoms with Crippen molar-refractivity contribution in [2.75, 3.05) is 11.1 Å². The molecule has 0 spiro atoms. The molecule has 2 rings (SSSR count). The van der Waals surface area contributed by atoms with Crippen LogP contribution in [0.1, 0.15) is 12.5 Å². The van der Waals surface area contributed by atoms with Crippen LogP contribution in [-0.4, -0.2) is 22.4 Å². The van der Waals surface area contributed by atoms with Crippen molar-refractivity contribution in [3.63, 3.8) is 0 Å². The Kier molecular flexibility index (Phi) is 6.76. The average molecular weight is 421 g/mol. The van der Waals surface area contributed by atoms with Crippen LogP contribution in [0.5, 0.6) is 0 Å². The smallest absolute Gasteiger partial charge is 0.379 e. The molecular formula is C18H14F3N5O2S. The van der Waals surface area contributed by atoms with Gasteiger partial charge in [0.1, 0.15) is 5.60 Å². The molecule has 150 valence electrons. The molecule has 11 heteroatoms. The zero-order valence-corrected chi connectivity index (χ0v) is 15.8. The first-order valence-electron chi connectivity index (χ1n) is 7.97. The van der Waals surface area contributed by atoms with Crippen molar-refractivity contribution in [1.82, 2.24) is 0 Å². The maximum Gasteiger partial charge on any atom is 0.407 e. The summed E-state index contributed by atoms with van der Waals surface area (Å²) in [6.07, 6.45) is -4.75. The van der Waals surface area contributed by atoms with E-state index in [0.29, 0.717) is 16.6 Å². The summed E-state index contributed by atoms with van der Waals surface area (Å²) in [7, 11) is 0. The summed E-state index contributed by atoms with van der Waals surface area (Å²) in [6.45, 7) is 8.06. The number of alkyl halides is 3. The molecule has 0 bridgehead atoms. The van der Waals surface area contributed by atoms with Crippen LogP contribution < -0.4 is 5.32 Å². The number of carbonyl (C=O) groups is 1. The number of nitrogens with one attached hydrogen (secondary N) is 1. The molecular weight excluding hydrogens is 407 g/mol. The van der Waals surface area contributed by atoms with E-state index in [1.807, 2.05) is 0 Å². The number of carbonyl (C=O) groups excluding carboxylic acids is 1. The van der Waals surface area contributed by atoms with Crippen LogP contribution in [0.4, 0.5) is 30.2 Å². The molecule has 0 saturated carbocycles. The number of thioether (sulfide) groups is 1. The molecule has 0 fully saturated rings. The Morgan fingerprint density at radius 3 is 2.48 bits per heavy atom. The monoisotopic (exact) mass is 421 g/mol. The molecule has 0 radical (unpaired) electrons. The maximum absolute atomic E-state index is 13.0. The fraction of sp³-hybridized carbons (Fsp3) is 0.222. The first-order valence-corrected chi connectivity index (χ1v) is 8.96. The minimum absolute atomic E-state index is 0.0774. The summed E-state index contributed by atoms with van der Waals surface area (Å²) in [5, 5.41) is 16.1. The Morgan fingerprint density at radius 2 is 1.93 bits per heavy atom. The number of azide groups is 1. The van der Waals surface area contributed by atoms with Crippen molar-refractivity contribution < 1.29 is 23.1 Å². The normalized spacial score (nSPS) is 13.0. The quantitative estimate of drug-likeness (QED) is 0.206. The molecule has 0 saturated heterocycles. The molecule has 2 aromatic carbocycles. The summed E-state index contributed by atoms with van der Waals surface area (Å²) in [5.41, 5.74) is 4.96. The SMILES string of the molecule is [C-]#[N+]c1ccc(NC(=O)[C@@](C)(O)CSc2ccc(N=[N+]=[N-])cc2)cc1C(F)(F)F. The predicted molar refractivity (Wildman–Crippen MR) is 103 cm³/mol. The van der Waals surface area contributed by atoms with Gasteiger partial charge in [-0.3, -0.25) is 4.79 Å². The third-order valence-electron chi connectivity index (χ3n) is 3.69. The van der Waals surface area contributed by atoms with Crippen molar-refractivity contribution in [3.8, 4) is 0 Å². The molecule has 0 heterocycles. The van der Waals surface area contributed by atoms with E-state index in [1.165, 1.54) is 6.92 Å². The summed E-state index contributed by atoms with van der Waals surface area (Å²) in [5.74, 6) is -0.967. The third-order valence-corrected chi connectivity index (χ3v) is 5.00. The number of benzene rings is 2. The van der Waals surface area contributed by atoms with Gasteiger partial charge < -0.3 is 10.4 Å². The molecule has 0 aromatic heterocycles. The molecule has 0 aliphatic carbocycles. The second-order valence-electron chi connectivity index (χ2n) is 6.04. The Morgan fingerprint density at radius 1 is 1.28 bits per heavy atom. The largest absolute Gasteiger partial charge is 0.407 e. The van der Waals surface area contributed by atoms with Gasteiger partial charge >= 0.3 is 6.18 Å². The summed E-state index contributed by atoms with van der Waals surface area (Å²) in [4.78, 5) is 18.5. The standard InChI is InChI=1S/C18H14F3N5O2S/c1-17(28,10-29-13-6-3-11(4-7-13)25-26-22)16(27)24-12-5-8-15(23-2)14(9-12)18(19,20)21/h3-9,28H,10H2,1H3,(H,24,27)/t17-/m0/s1. The van der Waals surface area contributed by atoms with Gasteiger partial charge in [0.15, 0.2) is 5.69 Å². The van der Waals surface area contributed by atoms with Crippen LogP contribution in [0, 0.1) is 6.57 Å². The number of anilines is 1. The number of halogens is 3. The van der Waals surface area contributed by atoms with E-state index >= 15 is 0 Å². The van der Waals surface area contributed by atoms with Crippen molar-refractivity contribution in [2.24, 2.45) is 5.11 Å².